The average molecular weight is 338 g/mol. The maximum absolute atomic E-state index is 11.5. The highest BCUT2D eigenvalue weighted by molar-refractivity contribution is 9.11. The van der Waals surface area contributed by atoms with Gasteiger partial charge in [0.05, 0.1) is 20.6 Å². The highest BCUT2D eigenvalue weighted by atomic mass is 79.9. The van der Waals surface area contributed by atoms with Crippen molar-refractivity contribution in [3.8, 4) is 5.75 Å². The number of aromatic hydroxyl groups is 1. The van der Waals surface area contributed by atoms with Gasteiger partial charge in [0, 0.05) is 0 Å². The maximum atomic E-state index is 11.5. The van der Waals surface area contributed by atoms with Gasteiger partial charge < -0.3 is 9.84 Å². The van der Waals surface area contributed by atoms with Crippen molar-refractivity contribution < 1.29 is 14.6 Å². The standard InChI is InChI=1S/C10H10Br2O3/c1-5(2)15-10(14)6-3-7(11)9(13)8(12)4-6/h3-5,13H,1-2H3. The topological polar surface area (TPSA) is 46.5 Å². The van der Waals surface area contributed by atoms with Crippen LogP contribution in [-0.4, -0.2) is 17.2 Å². The molecule has 0 fully saturated rings. The first-order chi connectivity index (χ1) is 6.91. The van der Waals surface area contributed by atoms with Crippen molar-refractivity contribution in [3.63, 3.8) is 0 Å². The molecule has 0 aliphatic rings. The molecule has 5 heteroatoms. The molecule has 15 heavy (non-hydrogen) atoms. The van der Waals surface area contributed by atoms with Gasteiger partial charge in [0.2, 0.25) is 0 Å². The van der Waals surface area contributed by atoms with Gasteiger partial charge in [-0.15, -0.1) is 0 Å². The van der Waals surface area contributed by atoms with Gasteiger partial charge >= 0.3 is 5.97 Å². The summed E-state index contributed by atoms with van der Waals surface area (Å²) in [6, 6.07) is 3.04. The third-order valence-electron chi connectivity index (χ3n) is 1.60. The van der Waals surface area contributed by atoms with Crippen LogP contribution in [0.25, 0.3) is 0 Å². The molecule has 0 saturated heterocycles. The molecule has 0 saturated carbocycles. The van der Waals surface area contributed by atoms with Crippen LogP contribution < -0.4 is 0 Å². The Hall–Kier alpha value is -0.550. The predicted molar refractivity (Wildman–Crippen MR) is 64.1 cm³/mol. The number of carbonyl (C=O) groups excluding carboxylic acids is 1. The molecule has 82 valence electrons. The number of ether oxygens (including phenoxy) is 1. The minimum Gasteiger partial charge on any atom is -0.506 e. The lowest BCUT2D eigenvalue weighted by atomic mass is 10.2. The SMILES string of the molecule is CC(C)OC(=O)c1cc(Br)c(O)c(Br)c1. The van der Waals surface area contributed by atoms with Crippen LogP contribution in [0.1, 0.15) is 24.2 Å². The van der Waals surface area contributed by atoms with E-state index in [0.29, 0.717) is 14.5 Å². The maximum Gasteiger partial charge on any atom is 0.338 e. The van der Waals surface area contributed by atoms with Gasteiger partial charge in [0.1, 0.15) is 5.75 Å². The average Bonchev–Trinajstić information content (AvgIpc) is 2.12. The van der Waals surface area contributed by atoms with Crippen LogP contribution in [0.2, 0.25) is 0 Å². The first kappa shape index (κ1) is 12.5. The van der Waals surface area contributed by atoms with Crippen LogP contribution in [0, 0.1) is 0 Å². The van der Waals surface area contributed by atoms with Crippen LogP contribution in [0.5, 0.6) is 5.75 Å². The monoisotopic (exact) mass is 336 g/mol. The Morgan fingerprint density at radius 2 is 1.80 bits per heavy atom. The number of hydrogen-bond donors (Lipinski definition) is 1. The smallest absolute Gasteiger partial charge is 0.338 e. The van der Waals surface area contributed by atoms with E-state index in [1.54, 1.807) is 13.8 Å². The molecular weight excluding hydrogens is 328 g/mol. The summed E-state index contributed by atoms with van der Waals surface area (Å²) < 4.78 is 5.93. The number of esters is 1. The van der Waals surface area contributed by atoms with E-state index in [0.717, 1.165) is 0 Å². The molecule has 3 nitrogen and oxygen atoms in total. The van der Waals surface area contributed by atoms with Gasteiger partial charge in [0.25, 0.3) is 0 Å². The summed E-state index contributed by atoms with van der Waals surface area (Å²) in [5.41, 5.74) is 0.389. The minimum absolute atomic E-state index is 0.0658. The van der Waals surface area contributed by atoms with E-state index in [1.165, 1.54) is 12.1 Å². The van der Waals surface area contributed by atoms with Crippen molar-refractivity contribution >= 4 is 37.8 Å². The van der Waals surface area contributed by atoms with Gasteiger partial charge in [-0.2, -0.15) is 0 Å². The van der Waals surface area contributed by atoms with Crippen LogP contribution in [-0.2, 0) is 4.74 Å². The van der Waals surface area contributed by atoms with Gasteiger partial charge in [-0.1, -0.05) is 0 Å². The summed E-state index contributed by atoms with van der Waals surface area (Å²) in [4.78, 5) is 11.5. The van der Waals surface area contributed by atoms with E-state index < -0.39 is 5.97 Å². The number of phenols is 1. The highest BCUT2D eigenvalue weighted by Gasteiger charge is 2.13. The lowest BCUT2D eigenvalue weighted by Gasteiger charge is -2.09. The van der Waals surface area contributed by atoms with Crippen LogP contribution in [0.15, 0.2) is 21.1 Å². The zero-order valence-electron chi connectivity index (χ0n) is 8.25. The molecule has 0 aliphatic carbocycles. The molecule has 1 aromatic rings. The number of halogens is 2. The molecule has 1 aromatic carbocycles. The van der Waals surface area contributed by atoms with Crippen molar-refractivity contribution in [1.82, 2.24) is 0 Å². The van der Waals surface area contributed by atoms with Crippen LogP contribution in [0.3, 0.4) is 0 Å². The Bertz CT molecular complexity index is 365. The summed E-state index contributed by atoms with van der Waals surface area (Å²) in [6.45, 7) is 3.56. The van der Waals surface area contributed by atoms with Gasteiger partial charge in [-0.3, -0.25) is 0 Å². The molecule has 0 heterocycles. The third-order valence-corrected chi connectivity index (χ3v) is 2.80. The number of carbonyl (C=O) groups is 1. The molecule has 0 radical (unpaired) electrons. The van der Waals surface area contributed by atoms with Crippen molar-refractivity contribution in [3.05, 3.63) is 26.6 Å². The molecule has 1 N–H and O–H groups in total. The summed E-state index contributed by atoms with van der Waals surface area (Å²) >= 11 is 6.29. The number of benzene rings is 1. The largest absolute Gasteiger partial charge is 0.506 e. The van der Waals surface area contributed by atoms with E-state index in [4.69, 9.17) is 4.74 Å². The Balaban J connectivity index is 3.01. The fraction of sp³-hybridized carbons (Fsp3) is 0.300. The molecule has 0 spiro atoms. The van der Waals surface area contributed by atoms with Gasteiger partial charge in [-0.05, 0) is 57.8 Å². The fourth-order valence-corrected chi connectivity index (χ4v) is 2.15. The summed E-state index contributed by atoms with van der Waals surface area (Å²) in [5.74, 6) is -0.345. The molecule has 0 atom stereocenters. The van der Waals surface area contributed by atoms with E-state index in [1.807, 2.05) is 0 Å². The number of rotatable bonds is 2. The van der Waals surface area contributed by atoms with Crippen LogP contribution >= 0.6 is 31.9 Å². The highest BCUT2D eigenvalue weighted by Crippen LogP contribution is 2.33. The summed E-state index contributed by atoms with van der Waals surface area (Å²) in [5, 5.41) is 9.45. The first-order valence-electron chi connectivity index (χ1n) is 4.30. The Morgan fingerprint density at radius 3 is 2.20 bits per heavy atom. The van der Waals surface area contributed by atoms with Gasteiger partial charge in [-0.25, -0.2) is 4.79 Å². The fourth-order valence-electron chi connectivity index (χ4n) is 0.965. The lowest BCUT2D eigenvalue weighted by Crippen LogP contribution is -2.11. The molecule has 0 unspecified atom stereocenters. The Morgan fingerprint density at radius 1 is 1.33 bits per heavy atom. The molecular formula is C10H10Br2O3. The molecule has 0 aliphatic heterocycles. The normalized spacial score (nSPS) is 10.5. The van der Waals surface area contributed by atoms with Crippen molar-refractivity contribution in [1.29, 1.82) is 0 Å². The van der Waals surface area contributed by atoms with Crippen LogP contribution in [0.4, 0.5) is 0 Å². The van der Waals surface area contributed by atoms with Crippen molar-refractivity contribution in [2.75, 3.05) is 0 Å². The molecule has 0 amide bonds. The Labute approximate surface area is 105 Å². The predicted octanol–water partition coefficient (Wildman–Crippen LogP) is 3.48. The van der Waals surface area contributed by atoms with E-state index in [9.17, 15) is 9.90 Å². The quantitative estimate of drug-likeness (QED) is 0.840. The zero-order valence-corrected chi connectivity index (χ0v) is 11.4. The van der Waals surface area contributed by atoms with E-state index in [-0.39, 0.29) is 11.9 Å². The summed E-state index contributed by atoms with van der Waals surface area (Å²) in [7, 11) is 0. The van der Waals surface area contributed by atoms with E-state index >= 15 is 0 Å². The van der Waals surface area contributed by atoms with E-state index in [2.05, 4.69) is 31.9 Å². The first-order valence-corrected chi connectivity index (χ1v) is 5.89. The number of phenolic OH excluding ortho intramolecular Hbond substituents is 1. The van der Waals surface area contributed by atoms with Gasteiger partial charge in [0.15, 0.2) is 0 Å². The second-order valence-corrected chi connectivity index (χ2v) is 4.95. The molecule has 1 rings (SSSR count). The minimum atomic E-state index is -0.411. The second-order valence-electron chi connectivity index (χ2n) is 3.24. The van der Waals surface area contributed by atoms with Crippen molar-refractivity contribution in [2.45, 2.75) is 20.0 Å². The van der Waals surface area contributed by atoms with Crippen molar-refractivity contribution in [2.24, 2.45) is 0 Å². The molecule has 0 bridgehead atoms. The lowest BCUT2D eigenvalue weighted by molar-refractivity contribution is 0.0377. The zero-order chi connectivity index (χ0) is 11.6. The second kappa shape index (κ2) is 4.99. The Kier molecular flexibility index (Phi) is 4.16. The number of hydrogen-bond acceptors (Lipinski definition) is 3. The summed E-state index contributed by atoms with van der Waals surface area (Å²) in [6.07, 6.45) is -0.163. The third kappa shape index (κ3) is 3.21. The molecule has 0 aromatic heterocycles.